The fraction of sp³-hybridized carbons (Fsp3) is 0.909. The molecule has 0 aliphatic carbocycles. The van der Waals surface area contributed by atoms with E-state index in [9.17, 15) is 35.4 Å². The Morgan fingerprint density at radius 3 is 2.55 bits per heavy atom. The normalized spacial score (nSPS) is 31.8. The second kappa shape index (κ2) is 14.8. The van der Waals surface area contributed by atoms with Crippen LogP contribution in [0.2, 0.25) is 0 Å². The van der Waals surface area contributed by atoms with Gasteiger partial charge in [0.05, 0.1) is 31.8 Å². The van der Waals surface area contributed by atoms with Crippen molar-refractivity contribution in [3.8, 4) is 0 Å². The first-order valence-corrected chi connectivity index (χ1v) is 13.9. The molecule has 3 heterocycles. The SMILES string of the molecule is CC1C[C@@H]([C@@H](C)NC(O)Cn2cnnn2)C(O)NC(C(O)O)C1S[C@@H]1CN[C@H](C(=O)N(CCO)CCO)C1. The Bertz CT molecular complexity index is 835. The van der Waals surface area contributed by atoms with Gasteiger partial charge in [-0.05, 0) is 36.1 Å². The highest BCUT2D eigenvalue weighted by Gasteiger charge is 2.44. The topological polar surface area (TPSA) is 221 Å². The Labute approximate surface area is 226 Å². The smallest absolute Gasteiger partial charge is 0.239 e. The van der Waals surface area contributed by atoms with E-state index < -0.39 is 30.8 Å². The number of amides is 1. The maximum atomic E-state index is 12.9. The third kappa shape index (κ3) is 8.27. The maximum absolute atomic E-state index is 12.9. The zero-order valence-electron chi connectivity index (χ0n) is 21.7. The molecule has 1 amide bonds. The first-order chi connectivity index (χ1) is 18.1. The maximum Gasteiger partial charge on any atom is 0.239 e. The molecule has 0 saturated carbocycles. The van der Waals surface area contributed by atoms with Gasteiger partial charge >= 0.3 is 0 Å². The van der Waals surface area contributed by atoms with Gasteiger partial charge in [0.25, 0.3) is 0 Å². The van der Waals surface area contributed by atoms with Crippen molar-refractivity contribution in [2.45, 2.75) is 80.6 Å². The molecule has 2 saturated heterocycles. The van der Waals surface area contributed by atoms with E-state index in [1.165, 1.54) is 15.9 Å². The van der Waals surface area contributed by atoms with Gasteiger partial charge in [-0.15, -0.1) is 5.10 Å². The molecule has 3 rings (SSSR count). The van der Waals surface area contributed by atoms with Crippen LogP contribution in [0, 0.1) is 11.8 Å². The molecule has 9 atom stereocenters. The number of nitrogens with zero attached hydrogens (tertiary/aromatic N) is 5. The summed E-state index contributed by atoms with van der Waals surface area (Å²) < 4.78 is 1.39. The molecule has 2 aliphatic rings. The number of carbonyl (C=O) groups excluding carboxylic acids is 1. The number of thioether (sulfide) groups is 1. The summed E-state index contributed by atoms with van der Waals surface area (Å²) in [5.74, 6) is -0.572. The van der Waals surface area contributed by atoms with Crippen molar-refractivity contribution in [1.82, 2.24) is 41.1 Å². The van der Waals surface area contributed by atoms with Gasteiger partial charge in [0.1, 0.15) is 18.8 Å². The predicted octanol–water partition coefficient (Wildman–Crippen LogP) is -4.14. The number of carbonyl (C=O) groups is 1. The van der Waals surface area contributed by atoms with Crippen molar-refractivity contribution in [2.75, 3.05) is 32.8 Å². The minimum Gasteiger partial charge on any atom is -0.395 e. The highest BCUT2D eigenvalue weighted by atomic mass is 32.2. The number of tetrazole rings is 1. The van der Waals surface area contributed by atoms with Crippen molar-refractivity contribution >= 4 is 17.7 Å². The molecule has 218 valence electrons. The molecule has 2 aliphatic heterocycles. The summed E-state index contributed by atoms with van der Waals surface area (Å²) in [4.78, 5) is 14.3. The van der Waals surface area contributed by atoms with Crippen molar-refractivity contribution in [2.24, 2.45) is 11.8 Å². The number of nitrogens with one attached hydrogen (secondary N) is 3. The van der Waals surface area contributed by atoms with Crippen LogP contribution in [0.5, 0.6) is 0 Å². The molecule has 2 fully saturated rings. The van der Waals surface area contributed by atoms with Crippen molar-refractivity contribution in [1.29, 1.82) is 0 Å². The Morgan fingerprint density at radius 1 is 1.24 bits per heavy atom. The fourth-order valence-electron chi connectivity index (χ4n) is 5.35. The van der Waals surface area contributed by atoms with Crippen LogP contribution in [0.3, 0.4) is 0 Å². The van der Waals surface area contributed by atoms with Crippen LogP contribution < -0.4 is 16.0 Å². The van der Waals surface area contributed by atoms with Crippen LogP contribution in [0.1, 0.15) is 26.7 Å². The molecule has 38 heavy (non-hydrogen) atoms. The molecule has 0 spiro atoms. The first kappa shape index (κ1) is 31.1. The lowest BCUT2D eigenvalue weighted by atomic mass is 9.88. The second-order valence-corrected chi connectivity index (χ2v) is 11.6. The van der Waals surface area contributed by atoms with Crippen molar-refractivity contribution < 1.29 is 35.4 Å². The van der Waals surface area contributed by atoms with E-state index in [1.807, 2.05) is 13.8 Å². The zero-order valence-corrected chi connectivity index (χ0v) is 22.6. The number of aliphatic hydroxyl groups is 6. The summed E-state index contributed by atoms with van der Waals surface area (Å²) in [5, 5.41) is 80.1. The molecule has 0 bridgehead atoms. The van der Waals surface area contributed by atoms with E-state index >= 15 is 0 Å². The van der Waals surface area contributed by atoms with Gasteiger partial charge in [0, 0.05) is 42.1 Å². The minimum absolute atomic E-state index is 0.00639. The van der Waals surface area contributed by atoms with Gasteiger partial charge in [0.15, 0.2) is 6.29 Å². The zero-order chi connectivity index (χ0) is 27.8. The lowest BCUT2D eigenvalue weighted by Crippen LogP contribution is -2.54. The third-order valence-electron chi connectivity index (χ3n) is 7.29. The van der Waals surface area contributed by atoms with Crippen LogP contribution in [0.4, 0.5) is 0 Å². The summed E-state index contributed by atoms with van der Waals surface area (Å²) in [6.45, 7) is 4.43. The number of aromatic nitrogens is 4. The van der Waals surface area contributed by atoms with E-state index in [2.05, 4.69) is 31.5 Å². The van der Waals surface area contributed by atoms with Crippen LogP contribution in [0.15, 0.2) is 6.33 Å². The van der Waals surface area contributed by atoms with Crippen LogP contribution in [0.25, 0.3) is 0 Å². The molecule has 16 heteroatoms. The molecular formula is C22H42N8O7S. The monoisotopic (exact) mass is 562 g/mol. The second-order valence-electron chi connectivity index (χ2n) is 10.1. The number of hydrogen-bond acceptors (Lipinski definition) is 14. The third-order valence-corrected chi connectivity index (χ3v) is 9.10. The molecular weight excluding hydrogens is 520 g/mol. The lowest BCUT2D eigenvalue weighted by Gasteiger charge is -2.33. The van der Waals surface area contributed by atoms with Crippen LogP contribution in [-0.2, 0) is 11.3 Å². The molecule has 1 aromatic heterocycles. The van der Waals surface area contributed by atoms with Crippen LogP contribution >= 0.6 is 11.8 Å². The Hall–Kier alpha value is -1.47. The van der Waals surface area contributed by atoms with Gasteiger partial charge in [-0.1, -0.05) is 6.92 Å². The minimum atomic E-state index is -1.71. The van der Waals surface area contributed by atoms with E-state index in [0.29, 0.717) is 19.4 Å². The largest absolute Gasteiger partial charge is 0.395 e. The number of rotatable bonds is 13. The highest BCUT2D eigenvalue weighted by Crippen LogP contribution is 2.38. The number of aliphatic hydroxyl groups excluding tert-OH is 5. The van der Waals surface area contributed by atoms with Crippen molar-refractivity contribution in [3.05, 3.63) is 6.33 Å². The summed E-state index contributed by atoms with van der Waals surface area (Å²) in [6, 6.07) is -1.60. The first-order valence-electron chi connectivity index (χ1n) is 13.0. The standard InChI is InChI=1S/C22H42N8O7S/c1-12-7-15(13(2)25-17(33)10-30-11-24-27-28-30)20(34)26-18(22(36)37)19(12)38-14-8-16(23-9-14)21(35)29(3-5-31)4-6-32/h11-20,22-23,25-26,31-34,36-37H,3-10H2,1-2H3/t12?,13-,14+,15+,16+,17?,18?,19?,20?/m1/s1. The van der Waals surface area contributed by atoms with E-state index in [0.717, 1.165) is 0 Å². The average molecular weight is 563 g/mol. The molecule has 5 unspecified atom stereocenters. The molecule has 15 nitrogen and oxygen atoms in total. The van der Waals surface area contributed by atoms with E-state index in [1.54, 1.807) is 11.8 Å². The van der Waals surface area contributed by atoms with Gasteiger partial charge in [-0.3, -0.25) is 15.4 Å². The highest BCUT2D eigenvalue weighted by molar-refractivity contribution is 8.00. The Morgan fingerprint density at radius 2 is 1.95 bits per heavy atom. The van der Waals surface area contributed by atoms with E-state index in [-0.39, 0.29) is 67.1 Å². The number of hydrogen-bond donors (Lipinski definition) is 9. The summed E-state index contributed by atoms with van der Waals surface area (Å²) in [5.41, 5.74) is 0. The van der Waals surface area contributed by atoms with Gasteiger partial charge in [-0.2, -0.15) is 11.8 Å². The van der Waals surface area contributed by atoms with Gasteiger partial charge < -0.3 is 40.9 Å². The summed E-state index contributed by atoms with van der Waals surface area (Å²) in [6.07, 6.45) is -1.28. The van der Waals surface area contributed by atoms with Crippen molar-refractivity contribution in [3.63, 3.8) is 0 Å². The Balaban J connectivity index is 1.63. The van der Waals surface area contributed by atoms with Crippen LogP contribution in [-0.4, -0.2) is 142 Å². The average Bonchev–Trinajstić information content (AvgIpc) is 3.53. The fourth-order valence-corrected chi connectivity index (χ4v) is 7.05. The summed E-state index contributed by atoms with van der Waals surface area (Å²) in [7, 11) is 0. The van der Waals surface area contributed by atoms with E-state index in [4.69, 9.17) is 0 Å². The predicted molar refractivity (Wildman–Crippen MR) is 137 cm³/mol. The summed E-state index contributed by atoms with van der Waals surface area (Å²) >= 11 is 1.56. The van der Waals surface area contributed by atoms with Gasteiger partial charge in [-0.25, -0.2) is 4.68 Å². The molecule has 0 aromatic carbocycles. The quantitative estimate of drug-likeness (QED) is 0.104. The molecule has 0 radical (unpaired) electrons. The lowest BCUT2D eigenvalue weighted by molar-refractivity contribution is -0.134. The van der Waals surface area contributed by atoms with Gasteiger partial charge in [0.2, 0.25) is 5.91 Å². The molecule has 9 N–H and O–H groups in total. The Kier molecular flexibility index (Phi) is 12.1. The molecule has 1 aromatic rings.